The van der Waals surface area contributed by atoms with Gasteiger partial charge in [-0.1, -0.05) is 6.58 Å². The average molecular weight is 308 g/mol. The van der Waals surface area contributed by atoms with E-state index >= 15 is 0 Å². The molecule has 6 nitrogen and oxygen atoms in total. The summed E-state index contributed by atoms with van der Waals surface area (Å²) in [6, 6.07) is 0.764. The normalized spacial score (nSPS) is 13.1. The van der Waals surface area contributed by atoms with Gasteiger partial charge in [-0.25, -0.2) is 4.79 Å². The second-order valence-corrected chi connectivity index (χ2v) is 12.0. The van der Waals surface area contributed by atoms with Crippen molar-refractivity contribution in [2.75, 3.05) is 34.5 Å². The lowest BCUT2D eigenvalue weighted by atomic mass is 10.5. The third-order valence-corrected chi connectivity index (χ3v) is 12.7. The maximum Gasteiger partial charge on any atom is 0.498 e. The molecule has 0 aromatic carbocycles. The van der Waals surface area contributed by atoms with E-state index in [0.29, 0.717) is 19.6 Å². The summed E-state index contributed by atoms with van der Waals surface area (Å²) >= 11 is 0. The lowest BCUT2D eigenvalue weighted by Crippen LogP contribution is -2.59. The molecule has 0 bridgehead atoms. The Morgan fingerprint density at radius 1 is 1.26 bits per heavy atom. The number of ether oxygens (including phenoxy) is 1. The predicted molar refractivity (Wildman–Crippen MR) is 76.1 cm³/mol. The fourth-order valence-corrected chi connectivity index (χ4v) is 9.81. The largest absolute Gasteiger partial charge is 0.498 e. The van der Waals surface area contributed by atoms with Gasteiger partial charge in [-0.2, -0.15) is 0 Å². The van der Waals surface area contributed by atoms with Gasteiger partial charge in [0.2, 0.25) is 0 Å². The van der Waals surface area contributed by atoms with E-state index in [1.165, 1.54) is 0 Å². The Balaban J connectivity index is 4.38. The fraction of sp³-hybridized carbons (Fsp3) is 0.727. The summed E-state index contributed by atoms with van der Waals surface area (Å²) in [5.74, 6) is -0.414. The van der Waals surface area contributed by atoms with Crippen LogP contribution >= 0.6 is 0 Å². The lowest BCUT2D eigenvalue weighted by Gasteiger charge is -2.31. The van der Waals surface area contributed by atoms with Crippen LogP contribution in [0.3, 0.4) is 0 Å². The molecule has 0 spiro atoms. The van der Waals surface area contributed by atoms with Crippen molar-refractivity contribution in [1.82, 2.24) is 0 Å². The molecule has 0 aromatic rings. The van der Waals surface area contributed by atoms with Crippen LogP contribution in [0.15, 0.2) is 12.7 Å². The van der Waals surface area contributed by atoms with E-state index in [1.54, 1.807) is 21.3 Å². The summed E-state index contributed by atoms with van der Waals surface area (Å²) in [5.41, 5.74) is 0. The van der Waals surface area contributed by atoms with Gasteiger partial charge in [-0.3, -0.25) is 0 Å². The second-order valence-electron chi connectivity index (χ2n) is 3.67. The number of hydrogen-bond acceptors (Lipinski definition) is 6. The molecular weight excluding hydrogens is 284 g/mol. The van der Waals surface area contributed by atoms with Crippen LogP contribution in [-0.4, -0.2) is 57.4 Å². The maximum absolute atomic E-state index is 10.9. The fourth-order valence-electron chi connectivity index (χ4n) is 1.71. The van der Waals surface area contributed by atoms with Crippen LogP contribution in [0.2, 0.25) is 6.04 Å². The van der Waals surface area contributed by atoms with Crippen molar-refractivity contribution in [2.45, 2.75) is 19.4 Å². The molecule has 0 aliphatic rings. The van der Waals surface area contributed by atoms with Gasteiger partial charge in [-0.15, -0.1) is 0 Å². The molecule has 0 aliphatic carbocycles. The third-order valence-electron chi connectivity index (χ3n) is 2.64. The zero-order chi connectivity index (χ0) is 14.7. The zero-order valence-electron chi connectivity index (χ0n) is 12.1. The van der Waals surface area contributed by atoms with E-state index in [1.807, 2.05) is 6.92 Å². The molecule has 0 heterocycles. The molecule has 0 saturated carbocycles. The van der Waals surface area contributed by atoms with Crippen LogP contribution in [0.1, 0.15) is 13.3 Å². The Hall–Kier alpha value is -0.516. The van der Waals surface area contributed by atoms with Gasteiger partial charge < -0.3 is 22.4 Å². The molecule has 0 aromatic heterocycles. The molecular formula is C11H24O6Si2. The number of rotatable bonds is 11. The van der Waals surface area contributed by atoms with Gasteiger partial charge in [0.1, 0.15) is 0 Å². The molecule has 1 atom stereocenters. The van der Waals surface area contributed by atoms with Gasteiger partial charge in [0, 0.05) is 34.0 Å². The smallest absolute Gasteiger partial charge is 0.463 e. The average Bonchev–Trinajstić information content (AvgIpc) is 2.45. The second kappa shape index (κ2) is 10.3. The highest BCUT2D eigenvalue weighted by atomic mass is 29.3. The Kier molecular flexibility index (Phi) is 10.0. The molecule has 0 rings (SSSR count). The Morgan fingerprint density at radius 3 is 2.26 bits per heavy atom. The molecule has 0 radical (unpaired) electrons. The molecule has 0 N–H and O–H groups in total. The molecule has 0 fully saturated rings. The monoisotopic (exact) mass is 308 g/mol. The summed E-state index contributed by atoms with van der Waals surface area (Å²) < 4.78 is 27.1. The topological polar surface area (TPSA) is 63.2 Å². The van der Waals surface area contributed by atoms with Crippen molar-refractivity contribution in [2.24, 2.45) is 0 Å². The highest BCUT2D eigenvalue weighted by molar-refractivity contribution is 7.21. The number of hydrogen-bond donors (Lipinski definition) is 0. The summed E-state index contributed by atoms with van der Waals surface area (Å²) in [7, 11) is 0.239. The van der Waals surface area contributed by atoms with Crippen molar-refractivity contribution in [3.8, 4) is 0 Å². The predicted octanol–water partition coefficient (Wildman–Crippen LogP) is 0.822. The van der Waals surface area contributed by atoms with E-state index in [-0.39, 0.29) is 0 Å². The summed E-state index contributed by atoms with van der Waals surface area (Å²) in [6.07, 6.45) is 1.84. The van der Waals surface area contributed by atoms with Crippen molar-refractivity contribution in [3.05, 3.63) is 12.7 Å². The molecule has 19 heavy (non-hydrogen) atoms. The quantitative estimate of drug-likeness (QED) is 0.244. The minimum Gasteiger partial charge on any atom is -0.463 e. The van der Waals surface area contributed by atoms with E-state index in [9.17, 15) is 4.79 Å². The highest BCUT2D eigenvalue weighted by Crippen LogP contribution is 2.17. The van der Waals surface area contributed by atoms with Gasteiger partial charge >= 0.3 is 14.3 Å². The summed E-state index contributed by atoms with van der Waals surface area (Å²) in [4.78, 5) is 10.9. The van der Waals surface area contributed by atoms with Gasteiger partial charge in [0.15, 0.2) is 0 Å². The van der Waals surface area contributed by atoms with E-state index in [2.05, 4.69) is 6.58 Å². The minimum atomic E-state index is -2.70. The molecule has 0 saturated heterocycles. The number of carbonyl (C=O) groups excluding carboxylic acids is 1. The first-order chi connectivity index (χ1) is 9.10. The maximum atomic E-state index is 10.9. The van der Waals surface area contributed by atoms with Crippen LogP contribution in [0.25, 0.3) is 0 Å². The van der Waals surface area contributed by atoms with Gasteiger partial charge in [0.25, 0.3) is 8.56 Å². The van der Waals surface area contributed by atoms with E-state index in [0.717, 1.165) is 12.1 Å². The number of esters is 1. The van der Waals surface area contributed by atoms with Crippen LogP contribution in [0.4, 0.5) is 0 Å². The Labute approximate surface area is 117 Å². The van der Waals surface area contributed by atoms with Crippen molar-refractivity contribution in [1.29, 1.82) is 0 Å². The first-order valence-electron chi connectivity index (χ1n) is 6.16. The molecule has 112 valence electrons. The SMILES string of the molecule is C=CC(=O)OCCC[SiH](OCC)[Si](OC)(OC)OC. The van der Waals surface area contributed by atoms with Crippen molar-refractivity contribution in [3.63, 3.8) is 0 Å². The van der Waals surface area contributed by atoms with Crippen LogP contribution in [-0.2, 0) is 27.2 Å². The van der Waals surface area contributed by atoms with E-state index < -0.39 is 22.8 Å². The Bertz CT molecular complexity index is 262. The van der Waals surface area contributed by atoms with Crippen LogP contribution in [0.5, 0.6) is 0 Å². The molecule has 8 heteroatoms. The van der Waals surface area contributed by atoms with Crippen LogP contribution in [0, 0.1) is 0 Å². The first kappa shape index (κ1) is 18.5. The van der Waals surface area contributed by atoms with Gasteiger partial charge in [-0.05, 0) is 19.4 Å². The van der Waals surface area contributed by atoms with Gasteiger partial charge in [0.05, 0.1) is 6.61 Å². The van der Waals surface area contributed by atoms with Crippen LogP contribution < -0.4 is 0 Å². The zero-order valence-corrected chi connectivity index (χ0v) is 14.3. The van der Waals surface area contributed by atoms with E-state index in [4.69, 9.17) is 22.4 Å². The third kappa shape index (κ3) is 5.98. The highest BCUT2D eigenvalue weighted by Gasteiger charge is 2.49. The summed E-state index contributed by atoms with van der Waals surface area (Å²) in [6.45, 7) is 6.20. The minimum absolute atomic E-state index is 0.336. The molecule has 0 aliphatic heterocycles. The lowest BCUT2D eigenvalue weighted by molar-refractivity contribution is -0.137. The molecule has 1 unspecified atom stereocenters. The standard InChI is InChI=1S/C11H24O6Si2/c1-6-11(12)16-9-8-10-18(17-7-2)19(13-3,14-4)15-5/h6,18H,1,7-10H2,2-5H3. The first-order valence-corrected chi connectivity index (χ1v) is 11.0. The van der Waals surface area contributed by atoms with Crippen molar-refractivity contribution >= 4 is 22.8 Å². The number of carbonyl (C=O) groups is 1. The van der Waals surface area contributed by atoms with Crippen molar-refractivity contribution < 1.29 is 27.2 Å². The Morgan fingerprint density at radius 2 is 1.84 bits per heavy atom. The molecule has 0 amide bonds. The summed E-state index contributed by atoms with van der Waals surface area (Å²) in [5, 5.41) is 0.